The predicted octanol–water partition coefficient (Wildman–Crippen LogP) is 6.81. The van der Waals surface area contributed by atoms with E-state index in [0.717, 1.165) is 31.2 Å². The molecule has 0 spiro atoms. The Kier molecular flexibility index (Phi) is 11.2. The molecule has 5 rings (SSSR count). The number of aryl methyl sites for hydroxylation is 1. The summed E-state index contributed by atoms with van der Waals surface area (Å²) in [7, 11) is 1.57. The number of para-hydroxylation sites is 2. The van der Waals surface area contributed by atoms with E-state index in [4.69, 9.17) is 18.9 Å². The van der Waals surface area contributed by atoms with E-state index in [-0.39, 0.29) is 37.7 Å². The molecule has 1 N–H and O–H groups in total. The predicted molar refractivity (Wildman–Crippen MR) is 177 cm³/mol. The molecule has 2 aliphatic rings. The number of anilines is 1. The van der Waals surface area contributed by atoms with E-state index in [2.05, 4.69) is 13.8 Å². The van der Waals surface area contributed by atoms with Gasteiger partial charge in [0.1, 0.15) is 5.82 Å². The normalized spacial score (nSPS) is 18.8. The van der Waals surface area contributed by atoms with E-state index >= 15 is 0 Å². The molecular weight excluding hydrogens is 603 g/mol. The molecule has 252 valence electrons. The van der Waals surface area contributed by atoms with Crippen molar-refractivity contribution in [2.45, 2.75) is 70.9 Å². The summed E-state index contributed by atoms with van der Waals surface area (Å²) in [5.74, 6) is -0.277. The number of amides is 1. The monoisotopic (exact) mass is 648 g/mol. The minimum absolute atomic E-state index is 0.00447. The number of likely N-dealkylation sites (tertiary alicyclic amines) is 1. The third-order valence-corrected chi connectivity index (χ3v) is 9.23. The lowest BCUT2D eigenvalue weighted by Crippen LogP contribution is -2.48. The van der Waals surface area contributed by atoms with Gasteiger partial charge in [-0.1, -0.05) is 44.9 Å². The molecule has 10 heteroatoms. The molecule has 0 aliphatic carbocycles. The summed E-state index contributed by atoms with van der Waals surface area (Å²) < 4.78 is 37.0. The highest BCUT2D eigenvalue weighted by Crippen LogP contribution is 2.43. The van der Waals surface area contributed by atoms with Crippen LogP contribution < -0.4 is 23.8 Å². The Morgan fingerprint density at radius 1 is 1.02 bits per heavy atom. The average molecular weight is 649 g/mol. The number of nitrogens with zero attached hydrogens (tertiary/aromatic N) is 2. The highest BCUT2D eigenvalue weighted by molar-refractivity contribution is 5.95. The van der Waals surface area contributed by atoms with Crippen molar-refractivity contribution in [3.8, 4) is 23.0 Å². The Morgan fingerprint density at radius 3 is 2.43 bits per heavy atom. The molecule has 47 heavy (non-hydrogen) atoms. The van der Waals surface area contributed by atoms with Gasteiger partial charge in [0.2, 0.25) is 12.7 Å². The molecule has 3 aromatic rings. The fraction of sp³-hybridized carbons (Fsp3) is 0.459. The topological polar surface area (TPSA) is 97.8 Å². The molecule has 1 amide bonds. The first kappa shape index (κ1) is 34.0. The van der Waals surface area contributed by atoms with Gasteiger partial charge in [-0.15, -0.1) is 0 Å². The molecule has 0 radical (unpaired) electrons. The Hall–Kier alpha value is -4.31. The number of halogens is 1. The Bertz CT molecular complexity index is 1540. The van der Waals surface area contributed by atoms with Gasteiger partial charge in [0.15, 0.2) is 23.0 Å². The lowest BCUT2D eigenvalue weighted by Gasteiger charge is -2.35. The van der Waals surface area contributed by atoms with Gasteiger partial charge in [0.05, 0.1) is 26.2 Å². The number of hydrogen-bond acceptors (Lipinski definition) is 7. The molecular formula is C37H45FN2O7. The van der Waals surface area contributed by atoms with Crippen LogP contribution in [0.4, 0.5) is 10.1 Å². The first-order valence-corrected chi connectivity index (χ1v) is 16.5. The van der Waals surface area contributed by atoms with Crippen molar-refractivity contribution < 1.29 is 38.0 Å². The average Bonchev–Trinajstić information content (AvgIpc) is 3.67. The summed E-state index contributed by atoms with van der Waals surface area (Å²) in [6.45, 7) is 6.57. The van der Waals surface area contributed by atoms with Crippen molar-refractivity contribution >= 4 is 17.6 Å². The van der Waals surface area contributed by atoms with E-state index in [1.165, 1.54) is 6.07 Å². The van der Waals surface area contributed by atoms with E-state index in [1.807, 2.05) is 46.2 Å². The first-order valence-electron chi connectivity index (χ1n) is 16.5. The minimum atomic E-state index is -0.939. The number of hydrogen-bond donors (Lipinski definition) is 1. The van der Waals surface area contributed by atoms with Gasteiger partial charge in [0, 0.05) is 30.2 Å². The number of fused-ring (bicyclic) bond motifs is 1. The van der Waals surface area contributed by atoms with Crippen molar-refractivity contribution in [2.24, 2.45) is 5.92 Å². The molecule has 1 unspecified atom stereocenters. The molecule has 9 nitrogen and oxygen atoms in total. The van der Waals surface area contributed by atoms with Gasteiger partial charge in [-0.3, -0.25) is 14.5 Å². The van der Waals surface area contributed by atoms with Crippen LogP contribution in [0.25, 0.3) is 0 Å². The smallest absolute Gasteiger partial charge is 0.308 e. The summed E-state index contributed by atoms with van der Waals surface area (Å²) >= 11 is 0. The summed E-state index contributed by atoms with van der Waals surface area (Å²) in [5, 5.41) is 10.7. The van der Waals surface area contributed by atoms with Crippen LogP contribution in [0.15, 0.2) is 60.7 Å². The number of ether oxygens (including phenoxy) is 4. The molecule has 0 aromatic heterocycles. The number of carboxylic acid groups (broad SMARTS) is 1. The maximum atomic E-state index is 14.4. The van der Waals surface area contributed by atoms with E-state index in [1.54, 1.807) is 32.2 Å². The van der Waals surface area contributed by atoms with Crippen LogP contribution in [-0.2, 0) is 9.59 Å². The van der Waals surface area contributed by atoms with Crippen molar-refractivity contribution in [1.82, 2.24) is 4.90 Å². The van der Waals surface area contributed by atoms with Gasteiger partial charge in [-0.2, -0.15) is 0 Å². The van der Waals surface area contributed by atoms with Crippen molar-refractivity contribution in [1.29, 1.82) is 0 Å². The van der Waals surface area contributed by atoms with Gasteiger partial charge in [-0.05, 0) is 79.8 Å². The van der Waals surface area contributed by atoms with Crippen LogP contribution in [0, 0.1) is 18.7 Å². The summed E-state index contributed by atoms with van der Waals surface area (Å²) in [4.78, 5) is 31.3. The highest BCUT2D eigenvalue weighted by Gasteiger charge is 2.47. The third-order valence-electron chi connectivity index (χ3n) is 9.23. The van der Waals surface area contributed by atoms with Crippen molar-refractivity contribution in [3.63, 3.8) is 0 Å². The highest BCUT2D eigenvalue weighted by atomic mass is 19.1. The molecule has 0 saturated carbocycles. The van der Waals surface area contributed by atoms with Crippen LogP contribution in [0.1, 0.15) is 63.0 Å². The second-order valence-electron chi connectivity index (χ2n) is 12.3. The Labute approximate surface area is 276 Å². The van der Waals surface area contributed by atoms with Crippen molar-refractivity contribution in [3.05, 3.63) is 77.6 Å². The zero-order chi connectivity index (χ0) is 33.5. The molecule has 0 bridgehead atoms. The van der Waals surface area contributed by atoms with Crippen molar-refractivity contribution in [2.75, 3.05) is 38.5 Å². The maximum absolute atomic E-state index is 14.4. The second-order valence-corrected chi connectivity index (χ2v) is 12.3. The number of carbonyl (C=O) groups excluding carboxylic acids is 1. The lowest BCUT2D eigenvalue weighted by atomic mass is 9.84. The number of carboxylic acids is 1. The number of methoxy groups -OCH3 is 1. The number of benzene rings is 3. The largest absolute Gasteiger partial charge is 0.493 e. The fourth-order valence-electron chi connectivity index (χ4n) is 7.02. The molecule has 1 fully saturated rings. The maximum Gasteiger partial charge on any atom is 0.308 e. The Morgan fingerprint density at radius 2 is 1.74 bits per heavy atom. The SMILES string of the molecule is CCCC(CCC)N(C(=O)CN1C[C@H](c2ccc3c(c2)OCO3)C(C(=O)O)[C@@H]1CCOc1ccccc1OC)c1ccc(F)c(C)c1. The molecule has 2 heterocycles. The summed E-state index contributed by atoms with van der Waals surface area (Å²) in [5.41, 5.74) is 1.93. The fourth-order valence-corrected chi connectivity index (χ4v) is 7.02. The zero-order valence-electron chi connectivity index (χ0n) is 27.6. The van der Waals surface area contributed by atoms with Gasteiger partial charge in [-0.25, -0.2) is 4.39 Å². The molecule has 1 saturated heterocycles. The van der Waals surface area contributed by atoms with E-state index in [0.29, 0.717) is 47.2 Å². The second kappa shape index (κ2) is 15.5. The molecule has 3 atom stereocenters. The zero-order valence-corrected chi connectivity index (χ0v) is 27.6. The lowest BCUT2D eigenvalue weighted by molar-refractivity contribution is -0.143. The van der Waals surface area contributed by atoms with Crippen LogP contribution in [0.3, 0.4) is 0 Å². The van der Waals surface area contributed by atoms with Crippen LogP contribution in [0.2, 0.25) is 0 Å². The van der Waals surface area contributed by atoms with Crippen LogP contribution in [0.5, 0.6) is 23.0 Å². The number of carbonyl (C=O) groups is 2. The summed E-state index contributed by atoms with van der Waals surface area (Å²) in [6.07, 6.45) is 3.73. The third kappa shape index (κ3) is 7.64. The number of aliphatic carboxylic acids is 1. The molecule has 3 aromatic carbocycles. The minimum Gasteiger partial charge on any atom is -0.493 e. The van der Waals surface area contributed by atoms with Gasteiger partial charge in [0.25, 0.3) is 0 Å². The van der Waals surface area contributed by atoms with Gasteiger partial charge < -0.3 is 29.0 Å². The van der Waals surface area contributed by atoms with Gasteiger partial charge >= 0.3 is 5.97 Å². The van der Waals surface area contributed by atoms with Crippen LogP contribution >= 0.6 is 0 Å². The summed E-state index contributed by atoms with van der Waals surface area (Å²) in [6, 6.07) is 17.1. The Balaban J connectivity index is 1.47. The van der Waals surface area contributed by atoms with E-state index < -0.39 is 23.8 Å². The quantitative estimate of drug-likeness (QED) is 0.192. The number of rotatable bonds is 15. The van der Waals surface area contributed by atoms with E-state index in [9.17, 15) is 19.1 Å². The first-order chi connectivity index (χ1) is 22.7. The standard InChI is InChI=1S/C37H45FN2O7/c1-5-9-26(10-6-2)40(27-14-15-29(38)24(3)19-27)35(41)22-39-21-28(25-13-16-33-34(20-25)47-23-46-33)36(37(42)43)30(39)17-18-45-32-12-8-7-11-31(32)44-4/h7-8,11-16,19-20,26,28,30,36H,5-6,9-10,17-18,21-23H2,1-4H3,(H,42,43)/t28-,30+,36?/m1/s1. The molecule has 2 aliphatic heterocycles. The van der Waals surface area contributed by atoms with Crippen LogP contribution in [-0.4, -0.2) is 67.6 Å².